The molecule has 1 saturated heterocycles. The molecule has 1 aliphatic rings. The second-order valence-electron chi connectivity index (χ2n) is 3.12. The van der Waals surface area contributed by atoms with E-state index in [0.29, 0.717) is 18.9 Å². The number of hydrogen-bond donors (Lipinski definition) is 1. The molecule has 1 fully saturated rings. The molecule has 0 aliphatic carbocycles. The van der Waals surface area contributed by atoms with Crippen LogP contribution in [0.15, 0.2) is 12.4 Å². The van der Waals surface area contributed by atoms with Gasteiger partial charge in [0.2, 0.25) is 0 Å². The van der Waals surface area contributed by atoms with Crippen molar-refractivity contribution in [1.82, 2.24) is 9.78 Å². The highest BCUT2D eigenvalue weighted by Crippen LogP contribution is 2.06. The van der Waals surface area contributed by atoms with E-state index < -0.39 is 0 Å². The summed E-state index contributed by atoms with van der Waals surface area (Å²) in [6, 6.07) is 0. The van der Waals surface area contributed by atoms with Crippen molar-refractivity contribution >= 4 is 11.7 Å². The fourth-order valence-electron chi connectivity index (χ4n) is 1.10. The van der Waals surface area contributed by atoms with Crippen LogP contribution in [0.5, 0.6) is 0 Å². The number of hydrogen-bond acceptors (Lipinski definition) is 5. The van der Waals surface area contributed by atoms with Crippen molar-refractivity contribution in [3.05, 3.63) is 12.4 Å². The number of ether oxygens (including phenoxy) is 2. The molecule has 0 bridgehead atoms. The lowest BCUT2D eigenvalue weighted by molar-refractivity contribution is -0.173. The third-order valence-electron chi connectivity index (χ3n) is 1.85. The van der Waals surface area contributed by atoms with Gasteiger partial charge in [-0.05, 0) is 0 Å². The zero-order valence-electron chi connectivity index (χ0n) is 7.55. The van der Waals surface area contributed by atoms with Gasteiger partial charge < -0.3 is 15.2 Å². The van der Waals surface area contributed by atoms with Crippen molar-refractivity contribution in [2.45, 2.75) is 12.6 Å². The minimum absolute atomic E-state index is 0.0876. The molecule has 0 atom stereocenters. The maximum Gasteiger partial charge on any atom is 0.328 e. The lowest BCUT2D eigenvalue weighted by Gasteiger charge is -2.25. The van der Waals surface area contributed by atoms with Crippen LogP contribution in [-0.4, -0.2) is 35.1 Å². The van der Waals surface area contributed by atoms with Gasteiger partial charge in [-0.25, -0.2) is 0 Å². The molecule has 0 aromatic carbocycles. The first-order valence-electron chi connectivity index (χ1n) is 4.29. The van der Waals surface area contributed by atoms with Crippen LogP contribution >= 0.6 is 0 Å². The molecule has 0 radical (unpaired) electrons. The molecule has 76 valence electrons. The van der Waals surface area contributed by atoms with Gasteiger partial charge in [0.25, 0.3) is 0 Å². The van der Waals surface area contributed by atoms with Crippen LogP contribution < -0.4 is 5.73 Å². The number of nitrogen functional groups attached to an aromatic ring is 1. The van der Waals surface area contributed by atoms with Crippen molar-refractivity contribution in [2.75, 3.05) is 18.9 Å². The number of carbonyl (C=O) groups is 1. The lowest BCUT2D eigenvalue weighted by Crippen LogP contribution is -2.38. The largest absolute Gasteiger partial charge is 0.456 e. The van der Waals surface area contributed by atoms with Gasteiger partial charge in [-0.15, -0.1) is 0 Å². The minimum Gasteiger partial charge on any atom is -0.456 e. The second kappa shape index (κ2) is 3.67. The molecule has 2 heterocycles. The zero-order chi connectivity index (χ0) is 9.97. The van der Waals surface area contributed by atoms with E-state index in [1.807, 2.05) is 0 Å². The van der Waals surface area contributed by atoms with Gasteiger partial charge in [-0.1, -0.05) is 0 Å². The van der Waals surface area contributed by atoms with E-state index >= 15 is 0 Å². The fourth-order valence-corrected chi connectivity index (χ4v) is 1.10. The van der Waals surface area contributed by atoms with Crippen molar-refractivity contribution < 1.29 is 14.3 Å². The Morgan fingerprint density at radius 2 is 2.57 bits per heavy atom. The summed E-state index contributed by atoms with van der Waals surface area (Å²) in [7, 11) is 0. The van der Waals surface area contributed by atoms with Crippen LogP contribution in [0, 0.1) is 0 Å². The maximum atomic E-state index is 11.2. The minimum atomic E-state index is -0.318. The lowest BCUT2D eigenvalue weighted by atomic mass is 10.3. The maximum absolute atomic E-state index is 11.2. The van der Waals surface area contributed by atoms with Crippen LogP contribution in [-0.2, 0) is 20.8 Å². The molecule has 1 aliphatic heterocycles. The van der Waals surface area contributed by atoms with Gasteiger partial charge in [-0.2, -0.15) is 5.10 Å². The molecule has 14 heavy (non-hydrogen) atoms. The molecule has 1 aromatic heterocycles. The van der Waals surface area contributed by atoms with E-state index in [0.717, 1.165) is 0 Å². The van der Waals surface area contributed by atoms with Gasteiger partial charge >= 0.3 is 5.97 Å². The van der Waals surface area contributed by atoms with Crippen molar-refractivity contribution in [2.24, 2.45) is 0 Å². The Bertz CT molecular complexity index is 332. The smallest absolute Gasteiger partial charge is 0.328 e. The standard InChI is InChI=1S/C8H11N3O3/c9-6-1-10-11(2-6)3-8(12)14-7-4-13-5-7/h1-2,7H,3-5,9H2. The van der Waals surface area contributed by atoms with Crippen LogP contribution in [0.4, 0.5) is 5.69 Å². The predicted molar refractivity (Wildman–Crippen MR) is 47.3 cm³/mol. The molecular weight excluding hydrogens is 186 g/mol. The summed E-state index contributed by atoms with van der Waals surface area (Å²) < 4.78 is 11.3. The van der Waals surface area contributed by atoms with Gasteiger partial charge in [0, 0.05) is 6.20 Å². The highest BCUT2D eigenvalue weighted by Gasteiger charge is 2.22. The number of nitrogens with two attached hydrogens (primary N) is 1. The molecule has 1 aromatic rings. The summed E-state index contributed by atoms with van der Waals surface area (Å²) in [5.41, 5.74) is 5.97. The number of esters is 1. The number of carbonyl (C=O) groups excluding carboxylic acids is 1. The Labute approximate surface area is 80.6 Å². The molecule has 0 saturated carbocycles. The molecule has 6 nitrogen and oxygen atoms in total. The van der Waals surface area contributed by atoms with Crippen LogP contribution in [0.25, 0.3) is 0 Å². The Balaban J connectivity index is 1.81. The predicted octanol–water partition coefficient (Wildman–Crippen LogP) is -0.593. The second-order valence-corrected chi connectivity index (χ2v) is 3.12. The number of rotatable bonds is 3. The molecule has 0 amide bonds. The van der Waals surface area contributed by atoms with Crippen LogP contribution in [0.2, 0.25) is 0 Å². The summed E-state index contributed by atoms with van der Waals surface area (Å²) in [5, 5.41) is 3.87. The molecule has 6 heteroatoms. The van der Waals surface area contributed by atoms with Crippen molar-refractivity contribution in [3.8, 4) is 0 Å². The molecule has 0 unspecified atom stereocenters. The zero-order valence-corrected chi connectivity index (χ0v) is 7.55. The highest BCUT2D eigenvalue weighted by atomic mass is 16.6. The van der Waals surface area contributed by atoms with Crippen LogP contribution in [0.3, 0.4) is 0 Å². The number of anilines is 1. The van der Waals surface area contributed by atoms with Crippen molar-refractivity contribution in [3.63, 3.8) is 0 Å². The van der Waals surface area contributed by atoms with E-state index in [2.05, 4.69) is 5.10 Å². The van der Waals surface area contributed by atoms with Gasteiger partial charge in [0.1, 0.15) is 12.6 Å². The Morgan fingerprint density at radius 3 is 3.07 bits per heavy atom. The van der Waals surface area contributed by atoms with Gasteiger partial charge in [-0.3, -0.25) is 9.48 Å². The first-order chi connectivity index (χ1) is 6.74. The SMILES string of the molecule is Nc1cnn(CC(=O)OC2COC2)c1. The highest BCUT2D eigenvalue weighted by molar-refractivity contribution is 5.69. The summed E-state index contributed by atoms with van der Waals surface area (Å²) >= 11 is 0. The van der Waals surface area contributed by atoms with Crippen LogP contribution in [0.1, 0.15) is 0 Å². The fraction of sp³-hybridized carbons (Fsp3) is 0.500. The first kappa shape index (κ1) is 9.01. The van der Waals surface area contributed by atoms with E-state index in [1.54, 1.807) is 6.20 Å². The Hall–Kier alpha value is -1.56. The molecule has 2 rings (SSSR count). The quantitative estimate of drug-likeness (QED) is 0.655. The number of nitrogens with zero attached hydrogens (tertiary/aromatic N) is 2. The normalized spacial score (nSPS) is 16.3. The summed E-state index contributed by atoms with van der Waals surface area (Å²) in [6.07, 6.45) is 2.98. The topological polar surface area (TPSA) is 79.4 Å². The van der Waals surface area contributed by atoms with E-state index in [9.17, 15) is 4.79 Å². The monoisotopic (exact) mass is 197 g/mol. The molecule has 2 N–H and O–H groups in total. The Morgan fingerprint density at radius 1 is 1.79 bits per heavy atom. The Kier molecular flexibility index (Phi) is 2.36. The summed E-state index contributed by atoms with van der Waals surface area (Å²) in [4.78, 5) is 11.2. The molecule has 0 spiro atoms. The van der Waals surface area contributed by atoms with E-state index in [4.69, 9.17) is 15.2 Å². The average Bonchev–Trinajstić information content (AvgIpc) is 2.44. The first-order valence-corrected chi connectivity index (χ1v) is 4.29. The van der Waals surface area contributed by atoms with Gasteiger partial charge in [0.05, 0.1) is 25.1 Å². The summed E-state index contributed by atoms with van der Waals surface area (Å²) in [5.74, 6) is -0.318. The average molecular weight is 197 g/mol. The third-order valence-corrected chi connectivity index (χ3v) is 1.85. The van der Waals surface area contributed by atoms with E-state index in [-0.39, 0.29) is 18.6 Å². The van der Waals surface area contributed by atoms with Crippen molar-refractivity contribution in [1.29, 1.82) is 0 Å². The van der Waals surface area contributed by atoms with Gasteiger partial charge in [0.15, 0.2) is 0 Å². The third kappa shape index (κ3) is 2.02. The molecular formula is C8H11N3O3. The van der Waals surface area contributed by atoms with E-state index in [1.165, 1.54) is 10.9 Å². The summed E-state index contributed by atoms with van der Waals surface area (Å²) in [6.45, 7) is 1.08. The number of aromatic nitrogens is 2.